The fourth-order valence-corrected chi connectivity index (χ4v) is 2.40. The molecule has 86 valence electrons. The standard InChI is InChI=1S/C11H13NO3S/c1-8(2)16(13,14)11-5-4-10(15-3)6-9(11)7-12/h4-6,8H,1-3H3. The summed E-state index contributed by atoms with van der Waals surface area (Å²) in [6.45, 7) is 3.17. The molecular weight excluding hydrogens is 226 g/mol. The van der Waals surface area contributed by atoms with Gasteiger partial charge in [-0.2, -0.15) is 5.26 Å². The molecule has 0 amide bonds. The molecule has 0 heterocycles. The summed E-state index contributed by atoms with van der Waals surface area (Å²) in [5.41, 5.74) is 0.119. The van der Waals surface area contributed by atoms with Gasteiger partial charge in [0, 0.05) is 0 Å². The zero-order valence-corrected chi connectivity index (χ0v) is 10.2. The molecule has 1 rings (SSSR count). The summed E-state index contributed by atoms with van der Waals surface area (Å²) in [5, 5.41) is 8.37. The second kappa shape index (κ2) is 4.54. The van der Waals surface area contributed by atoms with Crippen LogP contribution in [0.1, 0.15) is 19.4 Å². The van der Waals surface area contributed by atoms with E-state index < -0.39 is 15.1 Å². The minimum Gasteiger partial charge on any atom is -0.497 e. The summed E-state index contributed by atoms with van der Waals surface area (Å²) >= 11 is 0. The first-order valence-electron chi connectivity index (χ1n) is 4.75. The van der Waals surface area contributed by atoms with E-state index in [0.29, 0.717) is 5.75 Å². The van der Waals surface area contributed by atoms with Crippen molar-refractivity contribution in [2.75, 3.05) is 7.11 Å². The number of hydrogen-bond acceptors (Lipinski definition) is 4. The van der Waals surface area contributed by atoms with Gasteiger partial charge in [0.1, 0.15) is 11.8 Å². The van der Waals surface area contributed by atoms with Crippen molar-refractivity contribution in [3.05, 3.63) is 23.8 Å². The maximum Gasteiger partial charge on any atom is 0.181 e. The number of rotatable bonds is 3. The van der Waals surface area contributed by atoms with E-state index in [1.807, 2.05) is 6.07 Å². The number of sulfone groups is 1. The zero-order chi connectivity index (χ0) is 12.3. The maximum atomic E-state index is 11.9. The SMILES string of the molecule is COc1ccc(S(=O)(=O)C(C)C)c(C#N)c1. The Hall–Kier alpha value is -1.54. The van der Waals surface area contributed by atoms with E-state index >= 15 is 0 Å². The third-order valence-electron chi connectivity index (χ3n) is 2.23. The first-order chi connectivity index (χ1) is 7.43. The molecule has 5 heteroatoms. The average molecular weight is 239 g/mol. The van der Waals surface area contributed by atoms with Crippen molar-refractivity contribution < 1.29 is 13.2 Å². The number of nitrogens with zero attached hydrogens (tertiary/aromatic N) is 1. The normalized spacial score (nSPS) is 11.2. The van der Waals surface area contributed by atoms with E-state index in [2.05, 4.69) is 0 Å². The Balaban J connectivity index is 3.43. The lowest BCUT2D eigenvalue weighted by molar-refractivity contribution is 0.414. The highest BCUT2D eigenvalue weighted by atomic mass is 32.2. The summed E-state index contributed by atoms with van der Waals surface area (Å²) in [6, 6.07) is 6.25. The minimum absolute atomic E-state index is 0.0609. The Kier molecular flexibility index (Phi) is 3.55. The lowest BCUT2D eigenvalue weighted by Gasteiger charge is -2.10. The van der Waals surface area contributed by atoms with E-state index in [1.165, 1.54) is 25.3 Å². The molecule has 0 aliphatic rings. The van der Waals surface area contributed by atoms with Crippen molar-refractivity contribution in [3.63, 3.8) is 0 Å². The molecule has 4 nitrogen and oxygen atoms in total. The topological polar surface area (TPSA) is 67.2 Å². The summed E-state index contributed by atoms with van der Waals surface area (Å²) in [6.07, 6.45) is 0. The van der Waals surface area contributed by atoms with Crippen LogP contribution in [0.25, 0.3) is 0 Å². The van der Waals surface area contributed by atoms with Gasteiger partial charge in [0.25, 0.3) is 0 Å². The lowest BCUT2D eigenvalue weighted by atomic mass is 10.2. The zero-order valence-electron chi connectivity index (χ0n) is 9.39. The van der Waals surface area contributed by atoms with Crippen LogP contribution in [0, 0.1) is 11.3 Å². The van der Waals surface area contributed by atoms with Gasteiger partial charge in [0.2, 0.25) is 0 Å². The Labute approximate surface area is 95.4 Å². The van der Waals surface area contributed by atoms with Crippen LogP contribution in [0.2, 0.25) is 0 Å². The van der Waals surface area contributed by atoms with E-state index in [-0.39, 0.29) is 10.5 Å². The third kappa shape index (κ3) is 2.17. The molecule has 0 aliphatic carbocycles. The largest absolute Gasteiger partial charge is 0.497 e. The van der Waals surface area contributed by atoms with Crippen molar-refractivity contribution in [2.45, 2.75) is 24.0 Å². The molecule has 0 spiro atoms. The van der Waals surface area contributed by atoms with Gasteiger partial charge in [-0.15, -0.1) is 0 Å². The Morgan fingerprint density at radius 3 is 2.44 bits per heavy atom. The van der Waals surface area contributed by atoms with Gasteiger partial charge in [-0.05, 0) is 32.0 Å². The molecule has 0 aliphatic heterocycles. The highest BCUT2D eigenvalue weighted by Gasteiger charge is 2.22. The second-order valence-corrected chi connectivity index (χ2v) is 6.04. The minimum atomic E-state index is -3.42. The number of benzene rings is 1. The summed E-state index contributed by atoms with van der Waals surface area (Å²) in [5.74, 6) is 0.472. The van der Waals surface area contributed by atoms with Crippen molar-refractivity contribution in [3.8, 4) is 11.8 Å². The second-order valence-electron chi connectivity index (χ2n) is 3.57. The van der Waals surface area contributed by atoms with Gasteiger partial charge >= 0.3 is 0 Å². The van der Waals surface area contributed by atoms with Crippen LogP contribution >= 0.6 is 0 Å². The van der Waals surface area contributed by atoms with Gasteiger partial charge in [-0.1, -0.05) is 0 Å². The average Bonchev–Trinajstić information content (AvgIpc) is 2.27. The van der Waals surface area contributed by atoms with Gasteiger partial charge in [-0.25, -0.2) is 8.42 Å². The van der Waals surface area contributed by atoms with Gasteiger partial charge in [0.15, 0.2) is 9.84 Å². The van der Waals surface area contributed by atoms with Crippen LogP contribution in [0.4, 0.5) is 0 Å². The smallest absolute Gasteiger partial charge is 0.181 e. The molecule has 0 saturated carbocycles. The first kappa shape index (κ1) is 12.5. The lowest BCUT2D eigenvalue weighted by Crippen LogP contribution is -2.15. The van der Waals surface area contributed by atoms with E-state index in [9.17, 15) is 8.42 Å². The molecule has 1 aromatic rings. The summed E-state index contributed by atoms with van der Waals surface area (Å²) in [4.78, 5) is 0.0609. The molecule has 0 aromatic heterocycles. The monoisotopic (exact) mass is 239 g/mol. The molecule has 0 fully saturated rings. The summed E-state index contributed by atoms with van der Waals surface area (Å²) in [7, 11) is -1.96. The van der Waals surface area contributed by atoms with Crippen LogP contribution in [0.5, 0.6) is 5.75 Å². The molecule has 0 atom stereocenters. The number of nitriles is 1. The molecule has 0 unspecified atom stereocenters. The van der Waals surface area contributed by atoms with Crippen LogP contribution in [0.15, 0.2) is 23.1 Å². The third-order valence-corrected chi connectivity index (χ3v) is 4.44. The molecule has 0 N–H and O–H groups in total. The molecule has 16 heavy (non-hydrogen) atoms. The molecule has 0 radical (unpaired) electrons. The van der Waals surface area contributed by atoms with E-state index in [4.69, 9.17) is 10.00 Å². The van der Waals surface area contributed by atoms with Crippen LogP contribution in [-0.4, -0.2) is 20.8 Å². The maximum absolute atomic E-state index is 11.9. The number of hydrogen-bond donors (Lipinski definition) is 0. The van der Waals surface area contributed by atoms with Crippen molar-refractivity contribution in [2.24, 2.45) is 0 Å². The Morgan fingerprint density at radius 1 is 1.38 bits per heavy atom. The van der Waals surface area contributed by atoms with Crippen LogP contribution < -0.4 is 4.74 Å². The quantitative estimate of drug-likeness (QED) is 0.805. The molecule has 0 saturated heterocycles. The summed E-state index contributed by atoms with van der Waals surface area (Å²) < 4.78 is 28.8. The number of ether oxygens (including phenoxy) is 1. The fraction of sp³-hybridized carbons (Fsp3) is 0.364. The van der Waals surface area contributed by atoms with Crippen LogP contribution in [0.3, 0.4) is 0 Å². The fourth-order valence-electron chi connectivity index (χ4n) is 1.23. The van der Waals surface area contributed by atoms with Crippen molar-refractivity contribution in [1.29, 1.82) is 5.26 Å². The number of methoxy groups -OCH3 is 1. The molecule has 1 aromatic carbocycles. The Morgan fingerprint density at radius 2 is 2.00 bits per heavy atom. The van der Waals surface area contributed by atoms with Crippen molar-refractivity contribution in [1.82, 2.24) is 0 Å². The first-order valence-corrected chi connectivity index (χ1v) is 6.30. The highest BCUT2D eigenvalue weighted by Crippen LogP contribution is 2.24. The van der Waals surface area contributed by atoms with Gasteiger partial charge < -0.3 is 4.74 Å². The predicted molar refractivity (Wildman–Crippen MR) is 60.0 cm³/mol. The van der Waals surface area contributed by atoms with Gasteiger partial charge in [0.05, 0.1) is 22.8 Å². The van der Waals surface area contributed by atoms with Crippen LogP contribution in [-0.2, 0) is 9.84 Å². The molecule has 0 bridgehead atoms. The predicted octanol–water partition coefficient (Wildman–Crippen LogP) is 1.75. The van der Waals surface area contributed by atoms with E-state index in [1.54, 1.807) is 13.8 Å². The van der Waals surface area contributed by atoms with Gasteiger partial charge in [-0.3, -0.25) is 0 Å². The van der Waals surface area contributed by atoms with E-state index in [0.717, 1.165) is 0 Å². The highest BCUT2D eigenvalue weighted by molar-refractivity contribution is 7.92. The Bertz CT molecular complexity index is 527. The molecular formula is C11H13NO3S. The van der Waals surface area contributed by atoms with Crippen molar-refractivity contribution >= 4 is 9.84 Å².